The third-order valence-corrected chi connectivity index (χ3v) is 9.06. The maximum absolute atomic E-state index is 13.2. The summed E-state index contributed by atoms with van der Waals surface area (Å²) in [6.07, 6.45) is 0.137. The number of carbonyl (C=O) groups is 2. The number of fused-ring (bicyclic) bond motifs is 1. The third-order valence-electron chi connectivity index (χ3n) is 7.29. The van der Waals surface area contributed by atoms with Crippen LogP contribution >= 0.6 is 19.2 Å². The van der Waals surface area contributed by atoms with Gasteiger partial charge in [-0.15, -0.1) is 0 Å². The highest BCUT2D eigenvalue weighted by Gasteiger charge is 2.45. The topological polar surface area (TPSA) is 201 Å². The standard InChI is InChI=1S/C27H36ClN4O11P/c1-3-20(33)39-13-41-44(37,42-14-40-21(34)4-2)15-38-12-19-23(35)24(36)27(43-19)32-10-9-17-22(30-16-7-5-6-8-16)18(11-29)25(28)31-26(17)32/h9-10,16,19,23-24,27,35-36H,3-8,12-15H2,1-2H3,(H,30,31)/t19-,23-,24-,27-/m1/s1. The maximum atomic E-state index is 13.2. The highest BCUT2D eigenvalue weighted by molar-refractivity contribution is 7.53. The predicted molar refractivity (Wildman–Crippen MR) is 154 cm³/mol. The molecule has 15 nitrogen and oxygen atoms in total. The molecular formula is C27H36ClN4O11P. The zero-order valence-electron chi connectivity index (χ0n) is 24.3. The van der Waals surface area contributed by atoms with Gasteiger partial charge in [-0.2, -0.15) is 5.26 Å². The highest BCUT2D eigenvalue weighted by Crippen LogP contribution is 2.48. The van der Waals surface area contributed by atoms with Crippen molar-refractivity contribution in [3.63, 3.8) is 0 Å². The van der Waals surface area contributed by atoms with Crippen molar-refractivity contribution >= 4 is 47.9 Å². The quantitative estimate of drug-likeness (QED) is 0.108. The van der Waals surface area contributed by atoms with E-state index in [1.54, 1.807) is 26.1 Å². The number of nitrogens with one attached hydrogen (secondary N) is 1. The Kier molecular flexibility index (Phi) is 12.0. The maximum Gasteiger partial charge on any atom is 0.361 e. The Morgan fingerprint density at radius 2 is 1.80 bits per heavy atom. The van der Waals surface area contributed by atoms with Gasteiger partial charge in [0.15, 0.2) is 11.4 Å². The minimum atomic E-state index is -4.11. The Balaban J connectivity index is 1.44. The van der Waals surface area contributed by atoms with E-state index in [0.717, 1.165) is 25.7 Å². The van der Waals surface area contributed by atoms with Crippen LogP contribution in [0.3, 0.4) is 0 Å². The number of aliphatic hydroxyl groups excluding tert-OH is 2. The molecule has 1 aliphatic heterocycles. The van der Waals surface area contributed by atoms with Gasteiger partial charge in [-0.05, 0) is 18.9 Å². The number of nitrogens with zero attached hydrogens (tertiary/aromatic N) is 3. The Morgan fingerprint density at radius 1 is 1.16 bits per heavy atom. The summed E-state index contributed by atoms with van der Waals surface area (Å²) in [5.74, 6) is -1.20. The van der Waals surface area contributed by atoms with Gasteiger partial charge in [0.05, 0.1) is 12.3 Å². The fourth-order valence-corrected chi connectivity index (χ4v) is 6.10. The van der Waals surface area contributed by atoms with Crippen LogP contribution < -0.4 is 5.32 Å². The zero-order valence-corrected chi connectivity index (χ0v) is 26.0. The van der Waals surface area contributed by atoms with Gasteiger partial charge in [-0.25, -0.2) is 4.98 Å². The van der Waals surface area contributed by atoms with Crippen molar-refractivity contribution in [1.82, 2.24) is 9.55 Å². The number of anilines is 1. The van der Waals surface area contributed by atoms with E-state index in [-0.39, 0.29) is 36.2 Å². The van der Waals surface area contributed by atoms with E-state index < -0.39 is 64.0 Å². The normalized spacial score (nSPS) is 22.3. The second kappa shape index (κ2) is 15.5. The second-order valence-corrected chi connectivity index (χ2v) is 12.6. The number of hydrogen-bond acceptors (Lipinski definition) is 14. The summed E-state index contributed by atoms with van der Waals surface area (Å²) in [4.78, 5) is 27.2. The molecule has 1 aliphatic carbocycles. The van der Waals surface area contributed by atoms with Crippen LogP contribution in [0.25, 0.3) is 11.0 Å². The van der Waals surface area contributed by atoms with Crippen molar-refractivity contribution in [3.05, 3.63) is 23.0 Å². The van der Waals surface area contributed by atoms with Gasteiger partial charge in [0.1, 0.15) is 41.9 Å². The van der Waals surface area contributed by atoms with Gasteiger partial charge in [0.2, 0.25) is 13.6 Å². The Labute approximate surface area is 258 Å². The van der Waals surface area contributed by atoms with E-state index in [4.69, 9.17) is 39.6 Å². The molecule has 1 saturated carbocycles. The molecule has 0 spiro atoms. The molecule has 3 N–H and O–H groups in total. The minimum Gasteiger partial charge on any atom is -0.438 e. The largest absolute Gasteiger partial charge is 0.438 e. The summed E-state index contributed by atoms with van der Waals surface area (Å²) < 4.78 is 45.9. The van der Waals surface area contributed by atoms with E-state index in [0.29, 0.717) is 16.7 Å². The summed E-state index contributed by atoms with van der Waals surface area (Å²) in [6.45, 7) is 1.39. The van der Waals surface area contributed by atoms with Crippen LogP contribution in [0.4, 0.5) is 5.69 Å². The molecule has 17 heteroatoms. The first kappa shape index (κ1) is 34.1. The predicted octanol–water partition coefficient (Wildman–Crippen LogP) is 3.56. The first-order valence-electron chi connectivity index (χ1n) is 14.3. The molecule has 44 heavy (non-hydrogen) atoms. The number of rotatable bonds is 15. The second-order valence-electron chi connectivity index (χ2n) is 10.2. The molecule has 2 aliphatic rings. The number of aromatic nitrogens is 2. The average molecular weight is 659 g/mol. The number of ether oxygens (including phenoxy) is 4. The molecule has 2 fully saturated rings. The Morgan fingerprint density at radius 3 is 2.39 bits per heavy atom. The lowest BCUT2D eigenvalue weighted by atomic mass is 10.1. The van der Waals surface area contributed by atoms with Crippen LogP contribution in [0.5, 0.6) is 0 Å². The molecule has 2 aromatic rings. The number of hydrogen-bond donors (Lipinski definition) is 3. The molecule has 0 aromatic carbocycles. The van der Waals surface area contributed by atoms with Crippen LogP contribution in [-0.4, -0.2) is 82.6 Å². The molecule has 2 aromatic heterocycles. The monoisotopic (exact) mass is 658 g/mol. The molecule has 4 rings (SSSR count). The number of nitriles is 1. The number of aliphatic hydroxyl groups is 2. The zero-order chi connectivity index (χ0) is 31.9. The summed E-state index contributed by atoms with van der Waals surface area (Å²) in [6, 6.07) is 4.03. The van der Waals surface area contributed by atoms with Gasteiger partial charge < -0.3 is 39.0 Å². The van der Waals surface area contributed by atoms with Crippen LogP contribution in [0.2, 0.25) is 5.15 Å². The summed E-state index contributed by atoms with van der Waals surface area (Å²) in [7, 11) is -4.11. The fourth-order valence-electron chi connectivity index (χ4n) is 4.91. The minimum absolute atomic E-state index is 0.0154. The van der Waals surface area contributed by atoms with E-state index in [9.17, 15) is 29.6 Å². The average Bonchev–Trinajstić information content (AvgIpc) is 3.73. The van der Waals surface area contributed by atoms with Crippen molar-refractivity contribution in [2.45, 2.75) is 83.0 Å². The number of pyridine rings is 1. The number of esters is 2. The van der Waals surface area contributed by atoms with Gasteiger partial charge in [0.25, 0.3) is 0 Å². The van der Waals surface area contributed by atoms with E-state index in [1.807, 2.05) is 0 Å². The third kappa shape index (κ3) is 8.07. The van der Waals surface area contributed by atoms with Crippen molar-refractivity contribution in [1.29, 1.82) is 5.26 Å². The molecule has 1 saturated heterocycles. The molecule has 0 amide bonds. The van der Waals surface area contributed by atoms with Crippen LogP contribution in [0.1, 0.15) is 64.2 Å². The summed E-state index contributed by atoms with van der Waals surface area (Å²) in [5, 5.41) is 35.4. The first-order chi connectivity index (χ1) is 21.1. The van der Waals surface area contributed by atoms with Crippen LogP contribution in [-0.2, 0) is 42.1 Å². The molecule has 0 unspecified atom stereocenters. The lowest BCUT2D eigenvalue weighted by Gasteiger charge is -2.20. The van der Waals surface area contributed by atoms with Gasteiger partial charge in [-0.1, -0.05) is 38.3 Å². The molecule has 242 valence electrons. The van der Waals surface area contributed by atoms with Crippen molar-refractivity contribution in [2.75, 3.05) is 31.9 Å². The van der Waals surface area contributed by atoms with Crippen molar-refractivity contribution in [2.24, 2.45) is 0 Å². The molecule has 4 atom stereocenters. The van der Waals surface area contributed by atoms with Crippen LogP contribution in [0, 0.1) is 11.3 Å². The van der Waals surface area contributed by atoms with Crippen molar-refractivity contribution in [3.8, 4) is 6.07 Å². The fraction of sp³-hybridized carbons (Fsp3) is 0.630. The van der Waals surface area contributed by atoms with Gasteiger partial charge in [-0.3, -0.25) is 23.2 Å². The highest BCUT2D eigenvalue weighted by atomic mass is 35.5. The molecular weight excluding hydrogens is 623 g/mol. The van der Waals surface area contributed by atoms with E-state index in [2.05, 4.69) is 16.4 Å². The van der Waals surface area contributed by atoms with Crippen molar-refractivity contribution < 1.29 is 52.4 Å². The lowest BCUT2D eigenvalue weighted by Crippen LogP contribution is -2.34. The Hall–Kier alpha value is -2.80. The SMILES string of the molecule is CCC(=O)OCOP(=O)(COC[C@H]1O[C@@H](n2ccc3c(NC4CCCC4)c(C#N)c(Cl)nc32)[C@H](O)[C@@H]1O)OCOC(=O)CC. The summed E-state index contributed by atoms with van der Waals surface area (Å²) in [5.41, 5.74) is 1.10. The molecule has 0 radical (unpaired) electrons. The summed E-state index contributed by atoms with van der Waals surface area (Å²) >= 11 is 6.39. The smallest absolute Gasteiger partial charge is 0.361 e. The van der Waals surface area contributed by atoms with Gasteiger partial charge in [0, 0.05) is 30.5 Å². The van der Waals surface area contributed by atoms with E-state index in [1.165, 1.54) is 4.57 Å². The van der Waals surface area contributed by atoms with Gasteiger partial charge >= 0.3 is 19.5 Å². The first-order valence-corrected chi connectivity index (χ1v) is 16.4. The Bertz CT molecular complexity index is 1380. The lowest BCUT2D eigenvalue weighted by molar-refractivity contribution is -0.152. The number of halogens is 1. The number of carbonyl (C=O) groups excluding carboxylic acids is 2. The van der Waals surface area contributed by atoms with Crippen LogP contribution in [0.15, 0.2) is 12.3 Å². The van der Waals surface area contributed by atoms with E-state index >= 15 is 0 Å². The molecule has 0 bridgehead atoms. The molecule has 3 heterocycles.